The van der Waals surface area contributed by atoms with Gasteiger partial charge in [-0.15, -0.1) is 0 Å². The number of Topliss-reactive ketones (excluding diaryl/α,β-unsaturated/α-hetero) is 1. The number of nitrogens with one attached hydrogen (secondary N) is 3. The molecule has 0 spiro atoms. The van der Waals surface area contributed by atoms with Crippen molar-refractivity contribution in [2.45, 2.75) is 148 Å². The Morgan fingerprint density at radius 1 is 0.911 bits per heavy atom. The predicted molar refractivity (Wildman–Crippen MR) is 214 cm³/mol. The van der Waals surface area contributed by atoms with Crippen LogP contribution in [-0.2, 0) is 28.8 Å². The van der Waals surface area contributed by atoms with E-state index >= 15 is 0 Å². The first-order valence-corrected chi connectivity index (χ1v) is 20.9. The van der Waals surface area contributed by atoms with Crippen LogP contribution in [0, 0.1) is 23.2 Å². The Labute approximate surface area is 331 Å². The zero-order valence-corrected chi connectivity index (χ0v) is 33.7. The van der Waals surface area contributed by atoms with E-state index in [1.165, 1.54) is 6.21 Å². The highest BCUT2D eigenvalue weighted by atomic mass is 16.2. The second-order valence-electron chi connectivity index (χ2n) is 17.7. The molecule has 1 aromatic rings. The molecule has 1 aromatic carbocycles. The van der Waals surface area contributed by atoms with Gasteiger partial charge in [0.25, 0.3) is 5.91 Å². The molecule has 9 atom stereocenters. The monoisotopic (exact) mass is 771 g/mol. The first-order chi connectivity index (χ1) is 26.8. The summed E-state index contributed by atoms with van der Waals surface area (Å²) < 4.78 is 0. The Balaban J connectivity index is 1.22. The molecular formula is C43H61N7O6. The first kappa shape index (κ1) is 41.2. The molecule has 3 heterocycles. The lowest BCUT2D eigenvalue weighted by Crippen LogP contribution is -2.61. The summed E-state index contributed by atoms with van der Waals surface area (Å²) >= 11 is 0. The number of amides is 5. The molecule has 2 aliphatic carbocycles. The third-order valence-electron chi connectivity index (χ3n) is 12.8. The van der Waals surface area contributed by atoms with Crippen molar-refractivity contribution in [1.82, 2.24) is 25.8 Å². The first-order valence-electron chi connectivity index (χ1n) is 20.9. The molecule has 6 rings (SSSR count). The summed E-state index contributed by atoms with van der Waals surface area (Å²) in [5, 5.41) is 8.87. The summed E-state index contributed by atoms with van der Waals surface area (Å²) in [5.74, 6) is -2.68. The van der Waals surface area contributed by atoms with E-state index in [-0.39, 0.29) is 48.1 Å². The maximum absolute atomic E-state index is 14.9. The second kappa shape index (κ2) is 17.8. The number of nitrogens with zero attached hydrogens (tertiary/aromatic N) is 4. The highest BCUT2D eigenvalue weighted by Gasteiger charge is 2.62. The van der Waals surface area contributed by atoms with Crippen molar-refractivity contribution in [1.29, 1.82) is 0 Å². The number of hydrogen-bond donors (Lipinski definition) is 3. The molecule has 2 saturated carbocycles. The molecule has 3 aliphatic heterocycles. The van der Waals surface area contributed by atoms with Crippen LogP contribution in [0.3, 0.4) is 0 Å². The number of aliphatic imine (C=N–C) groups is 2. The highest BCUT2D eigenvalue weighted by molar-refractivity contribution is 6.38. The van der Waals surface area contributed by atoms with Crippen molar-refractivity contribution in [3.63, 3.8) is 0 Å². The quantitative estimate of drug-likeness (QED) is 0.242. The lowest BCUT2D eigenvalue weighted by atomic mass is 9.77. The Morgan fingerprint density at radius 3 is 2.30 bits per heavy atom. The standard InChI is InChI=1S/C43H61N7O6/c1-6-14-33(36(51)40(54)46-26(2)28-17-11-8-12-18-28)50-32-20-13-19-29-25-49(35(34(29)32)41(50)55)42(56)37(43(3,4)5)48-38(52)30(23-27-15-9-7-10-16-27)47-39(53)31-24-44-21-22-45-31/h8,11-12,17-18,21-22,26-27,29-35,37H,6-7,9-10,13-16,19-20,23-25H2,1-5H3,(H,46,54)(H,47,53)(H,48,52)/t26-,29-,30-,31?,32?,33-,34+,35?,37+/m0/s1. The molecule has 0 bridgehead atoms. The number of carbonyl (C=O) groups excluding carboxylic acids is 6. The van der Waals surface area contributed by atoms with Gasteiger partial charge in [0.2, 0.25) is 29.4 Å². The maximum atomic E-state index is 14.9. The Hall–Kier alpha value is -4.42. The minimum atomic E-state index is -0.989. The second-order valence-corrected chi connectivity index (χ2v) is 17.7. The fraction of sp³-hybridized carbons (Fsp3) is 0.674. The van der Waals surface area contributed by atoms with Gasteiger partial charge < -0.3 is 25.8 Å². The molecule has 5 aliphatic rings. The van der Waals surface area contributed by atoms with E-state index in [4.69, 9.17) is 0 Å². The van der Waals surface area contributed by atoms with Gasteiger partial charge in [0.1, 0.15) is 30.2 Å². The van der Waals surface area contributed by atoms with Crippen LogP contribution in [0.4, 0.5) is 0 Å². The average molecular weight is 772 g/mol. The van der Waals surface area contributed by atoms with Crippen molar-refractivity contribution in [2.75, 3.05) is 13.1 Å². The summed E-state index contributed by atoms with van der Waals surface area (Å²) in [6.45, 7) is 10.0. The van der Waals surface area contributed by atoms with Crippen LogP contribution in [-0.4, -0.2) is 107 Å². The van der Waals surface area contributed by atoms with Crippen LogP contribution in [0.15, 0.2) is 40.3 Å². The number of hydrogen-bond acceptors (Lipinski definition) is 8. The minimum Gasteiger partial charge on any atom is -0.343 e. The van der Waals surface area contributed by atoms with Crippen molar-refractivity contribution >= 4 is 47.7 Å². The van der Waals surface area contributed by atoms with E-state index in [1.54, 1.807) is 16.0 Å². The number of carbonyl (C=O) groups is 6. The van der Waals surface area contributed by atoms with Gasteiger partial charge in [0.05, 0.1) is 12.6 Å². The van der Waals surface area contributed by atoms with Crippen LogP contribution in [0.25, 0.3) is 0 Å². The topological polar surface area (TPSA) is 170 Å². The van der Waals surface area contributed by atoms with E-state index < -0.39 is 59.3 Å². The molecule has 13 nitrogen and oxygen atoms in total. The molecule has 0 radical (unpaired) electrons. The van der Waals surface area contributed by atoms with Gasteiger partial charge in [-0.1, -0.05) is 103 Å². The van der Waals surface area contributed by atoms with Gasteiger partial charge in [-0.25, -0.2) is 0 Å². The SMILES string of the molecule is CCC[C@@H](C(=O)C(=O)N[C@@H](C)c1ccccc1)N1C(=O)C2[C@H]3C1CCC[C@H]3CN2C(=O)[C@@H](NC(=O)[C@H](CC1CCCCC1)NC(=O)C1CN=CC=N1)C(C)(C)C. The number of likely N-dealkylation sites (tertiary alicyclic amines) is 2. The van der Waals surface area contributed by atoms with Crippen LogP contribution in [0.1, 0.15) is 117 Å². The molecule has 4 fully saturated rings. The lowest BCUT2D eigenvalue weighted by molar-refractivity contribution is -0.150. The normalized spacial score (nSPS) is 26.9. The molecule has 3 unspecified atom stereocenters. The molecule has 56 heavy (non-hydrogen) atoms. The molecule has 0 aromatic heterocycles. The van der Waals surface area contributed by atoms with Crippen LogP contribution in [0.2, 0.25) is 0 Å². The lowest BCUT2D eigenvalue weighted by Gasteiger charge is -2.39. The molecule has 2 saturated heterocycles. The number of rotatable bonds is 14. The maximum Gasteiger partial charge on any atom is 0.290 e. The van der Waals surface area contributed by atoms with Gasteiger partial charge >= 0.3 is 0 Å². The van der Waals surface area contributed by atoms with Gasteiger partial charge in [0.15, 0.2) is 0 Å². The van der Waals surface area contributed by atoms with E-state index in [2.05, 4.69) is 25.9 Å². The molecule has 5 amide bonds. The van der Waals surface area contributed by atoms with E-state index in [0.29, 0.717) is 32.2 Å². The number of ketones is 1. The third kappa shape index (κ3) is 8.91. The predicted octanol–water partition coefficient (Wildman–Crippen LogP) is 3.95. The average Bonchev–Trinajstić information content (AvgIpc) is 3.73. The molecule has 304 valence electrons. The minimum absolute atomic E-state index is 0.0503. The van der Waals surface area contributed by atoms with Crippen LogP contribution >= 0.6 is 0 Å². The van der Waals surface area contributed by atoms with Crippen molar-refractivity contribution in [2.24, 2.45) is 33.2 Å². The van der Waals surface area contributed by atoms with Gasteiger partial charge in [0, 0.05) is 30.9 Å². The van der Waals surface area contributed by atoms with E-state index in [0.717, 1.165) is 50.5 Å². The molecule has 13 heteroatoms. The zero-order valence-electron chi connectivity index (χ0n) is 33.7. The fourth-order valence-electron chi connectivity index (χ4n) is 9.87. The summed E-state index contributed by atoms with van der Waals surface area (Å²) in [6.07, 6.45) is 12.0. The fourth-order valence-corrected chi connectivity index (χ4v) is 9.87. The Morgan fingerprint density at radius 2 is 1.64 bits per heavy atom. The summed E-state index contributed by atoms with van der Waals surface area (Å²) in [7, 11) is 0. The smallest absolute Gasteiger partial charge is 0.290 e. The van der Waals surface area contributed by atoms with Crippen molar-refractivity contribution < 1.29 is 28.8 Å². The van der Waals surface area contributed by atoms with E-state index in [9.17, 15) is 28.8 Å². The van der Waals surface area contributed by atoms with E-state index in [1.807, 2.05) is 65.0 Å². The van der Waals surface area contributed by atoms with Gasteiger partial charge in [-0.2, -0.15) is 0 Å². The largest absolute Gasteiger partial charge is 0.343 e. The summed E-state index contributed by atoms with van der Waals surface area (Å²) in [6, 6.07) is 4.44. The van der Waals surface area contributed by atoms with Gasteiger partial charge in [-0.3, -0.25) is 38.8 Å². The van der Waals surface area contributed by atoms with Gasteiger partial charge in [-0.05, 0) is 55.4 Å². The highest BCUT2D eigenvalue weighted by Crippen LogP contribution is 2.49. The zero-order chi connectivity index (χ0) is 40.1. The molecule has 3 N–H and O–H groups in total. The summed E-state index contributed by atoms with van der Waals surface area (Å²) in [4.78, 5) is 96.4. The van der Waals surface area contributed by atoms with Crippen LogP contribution < -0.4 is 16.0 Å². The third-order valence-corrected chi connectivity index (χ3v) is 12.8. The number of benzene rings is 1. The summed E-state index contributed by atoms with van der Waals surface area (Å²) in [5.41, 5.74) is 0.130. The molecular weight excluding hydrogens is 711 g/mol. The Kier molecular flexibility index (Phi) is 13.1. The van der Waals surface area contributed by atoms with Crippen molar-refractivity contribution in [3.05, 3.63) is 35.9 Å². The van der Waals surface area contributed by atoms with Crippen LogP contribution in [0.5, 0.6) is 0 Å². The van der Waals surface area contributed by atoms with Crippen molar-refractivity contribution in [3.8, 4) is 0 Å². The Bertz CT molecular complexity index is 1680.